The van der Waals surface area contributed by atoms with Gasteiger partial charge in [-0.25, -0.2) is 0 Å². The Hall–Kier alpha value is -1.10. The Morgan fingerprint density at radius 3 is 2.00 bits per heavy atom. The van der Waals surface area contributed by atoms with Gasteiger partial charge in [0.1, 0.15) is 6.04 Å². The molecule has 5 nitrogen and oxygen atoms in total. The molecular formula is C16H26N2O3. The van der Waals surface area contributed by atoms with Crippen LogP contribution in [0, 0.1) is 17.8 Å². The van der Waals surface area contributed by atoms with Crippen molar-refractivity contribution in [3.63, 3.8) is 0 Å². The maximum absolute atomic E-state index is 12.7. The second kappa shape index (κ2) is 5.59. The van der Waals surface area contributed by atoms with Gasteiger partial charge in [0.05, 0.1) is 6.10 Å². The molecule has 21 heavy (non-hydrogen) atoms. The zero-order valence-corrected chi connectivity index (χ0v) is 12.9. The molecule has 2 N–H and O–H groups in total. The Kier molecular flexibility index (Phi) is 3.95. The van der Waals surface area contributed by atoms with Crippen LogP contribution in [0.4, 0.5) is 0 Å². The van der Waals surface area contributed by atoms with Gasteiger partial charge in [-0.15, -0.1) is 0 Å². The molecule has 0 radical (unpaired) electrons. The van der Waals surface area contributed by atoms with Crippen molar-refractivity contribution < 1.29 is 14.7 Å². The molecule has 0 bridgehead atoms. The Labute approximate surface area is 126 Å². The minimum Gasteiger partial charge on any atom is -0.391 e. The summed E-state index contributed by atoms with van der Waals surface area (Å²) >= 11 is 0. The molecule has 5 heteroatoms. The van der Waals surface area contributed by atoms with Crippen molar-refractivity contribution in [2.24, 2.45) is 17.8 Å². The number of carbonyl (C=O) groups is 2. The zero-order chi connectivity index (χ0) is 15.1. The minimum absolute atomic E-state index is 0.0482. The van der Waals surface area contributed by atoms with E-state index in [0.717, 1.165) is 12.8 Å². The molecule has 2 atom stereocenters. The van der Waals surface area contributed by atoms with Crippen LogP contribution in [-0.4, -0.2) is 47.1 Å². The smallest absolute Gasteiger partial charge is 0.247 e. The first-order valence-corrected chi connectivity index (χ1v) is 8.24. The van der Waals surface area contributed by atoms with E-state index in [1.807, 2.05) is 7.05 Å². The van der Waals surface area contributed by atoms with Gasteiger partial charge in [-0.2, -0.15) is 0 Å². The summed E-state index contributed by atoms with van der Waals surface area (Å²) in [5.74, 6) is 1.08. The average molecular weight is 294 g/mol. The molecule has 3 saturated carbocycles. The summed E-state index contributed by atoms with van der Waals surface area (Å²) in [5.41, 5.74) is 0. The van der Waals surface area contributed by atoms with Crippen molar-refractivity contribution >= 4 is 11.8 Å². The lowest BCUT2D eigenvalue weighted by Gasteiger charge is -2.33. The quantitative estimate of drug-likeness (QED) is 0.733. The Balaban J connectivity index is 1.65. The number of rotatable bonds is 7. The van der Waals surface area contributed by atoms with E-state index < -0.39 is 12.1 Å². The number of carbonyl (C=O) groups excluding carboxylic acids is 2. The molecule has 3 fully saturated rings. The molecule has 0 aliphatic heterocycles. The van der Waals surface area contributed by atoms with Gasteiger partial charge in [0, 0.05) is 19.0 Å². The summed E-state index contributed by atoms with van der Waals surface area (Å²) in [6.07, 6.45) is 5.74. The molecule has 0 heterocycles. The van der Waals surface area contributed by atoms with E-state index in [0.29, 0.717) is 17.9 Å². The van der Waals surface area contributed by atoms with Gasteiger partial charge in [-0.3, -0.25) is 9.59 Å². The fraction of sp³-hybridized carbons (Fsp3) is 0.875. The molecule has 3 aliphatic rings. The maximum atomic E-state index is 12.7. The van der Waals surface area contributed by atoms with E-state index in [9.17, 15) is 14.7 Å². The molecule has 0 saturated heterocycles. The van der Waals surface area contributed by atoms with Crippen LogP contribution in [-0.2, 0) is 9.59 Å². The Morgan fingerprint density at radius 1 is 1.10 bits per heavy atom. The number of aliphatic hydroxyl groups excluding tert-OH is 1. The molecule has 2 unspecified atom stereocenters. The number of likely N-dealkylation sites (N-methyl/N-ethyl adjacent to an activating group) is 1. The van der Waals surface area contributed by atoms with Crippen LogP contribution >= 0.6 is 0 Å². The minimum atomic E-state index is -0.860. The summed E-state index contributed by atoms with van der Waals surface area (Å²) in [6.45, 7) is 1.58. The maximum Gasteiger partial charge on any atom is 0.247 e. The lowest BCUT2D eigenvalue weighted by molar-refractivity contribution is -0.141. The first kappa shape index (κ1) is 14.8. The van der Waals surface area contributed by atoms with Crippen molar-refractivity contribution in [3.05, 3.63) is 0 Å². The molecular weight excluding hydrogens is 268 g/mol. The molecule has 3 rings (SSSR count). The molecule has 0 spiro atoms. The largest absolute Gasteiger partial charge is 0.391 e. The Bertz CT molecular complexity index is 413. The van der Waals surface area contributed by atoms with Crippen molar-refractivity contribution in [1.82, 2.24) is 10.2 Å². The molecule has 3 aliphatic carbocycles. The van der Waals surface area contributed by atoms with E-state index in [-0.39, 0.29) is 17.7 Å². The molecule has 0 aromatic carbocycles. The highest BCUT2D eigenvalue weighted by Crippen LogP contribution is 2.47. The third kappa shape index (κ3) is 3.39. The standard InChI is InChI=1S/C16H26N2O3/c1-9(19)13(17-15(20)12-7-8-12)16(21)18(2)14(10-3-4-10)11-5-6-11/h9-14,19H,3-8H2,1-2H3,(H,17,20). The van der Waals surface area contributed by atoms with Crippen LogP contribution in [0.2, 0.25) is 0 Å². The van der Waals surface area contributed by atoms with Crippen molar-refractivity contribution in [1.29, 1.82) is 0 Å². The van der Waals surface area contributed by atoms with E-state index in [4.69, 9.17) is 0 Å². The van der Waals surface area contributed by atoms with Gasteiger partial charge in [0.2, 0.25) is 11.8 Å². The second-order valence-electron chi connectivity index (χ2n) is 7.12. The zero-order valence-electron chi connectivity index (χ0n) is 12.9. The van der Waals surface area contributed by atoms with Crippen LogP contribution in [0.1, 0.15) is 45.4 Å². The first-order valence-electron chi connectivity index (χ1n) is 8.24. The highest BCUT2D eigenvalue weighted by molar-refractivity contribution is 5.89. The number of nitrogens with one attached hydrogen (secondary N) is 1. The lowest BCUT2D eigenvalue weighted by atomic mass is 10.0. The van der Waals surface area contributed by atoms with Gasteiger partial charge < -0.3 is 15.3 Å². The van der Waals surface area contributed by atoms with Gasteiger partial charge in [-0.05, 0) is 57.3 Å². The van der Waals surface area contributed by atoms with Gasteiger partial charge in [0.25, 0.3) is 0 Å². The molecule has 0 aromatic rings. The number of aliphatic hydroxyl groups is 1. The first-order chi connectivity index (χ1) is 9.99. The average Bonchev–Trinajstić information content (AvgIpc) is 3.29. The van der Waals surface area contributed by atoms with Crippen molar-refractivity contribution in [2.45, 2.75) is 63.6 Å². The summed E-state index contributed by atoms with van der Waals surface area (Å²) < 4.78 is 0. The predicted octanol–water partition coefficient (Wildman–Crippen LogP) is 0.909. The Morgan fingerprint density at radius 2 is 1.62 bits per heavy atom. The van der Waals surface area contributed by atoms with E-state index in [1.54, 1.807) is 11.8 Å². The van der Waals surface area contributed by atoms with E-state index >= 15 is 0 Å². The van der Waals surface area contributed by atoms with Crippen LogP contribution in [0.3, 0.4) is 0 Å². The normalized spacial score (nSPS) is 24.6. The fourth-order valence-electron chi connectivity index (χ4n) is 3.26. The summed E-state index contributed by atoms with van der Waals surface area (Å²) in [5, 5.41) is 12.7. The highest BCUT2D eigenvalue weighted by Gasteiger charge is 2.46. The number of amides is 2. The van der Waals surface area contributed by atoms with Gasteiger partial charge in [0.15, 0.2) is 0 Å². The van der Waals surface area contributed by atoms with Crippen LogP contribution in [0.5, 0.6) is 0 Å². The summed E-state index contributed by atoms with van der Waals surface area (Å²) in [7, 11) is 1.84. The van der Waals surface area contributed by atoms with Crippen LogP contribution in [0.25, 0.3) is 0 Å². The van der Waals surface area contributed by atoms with Crippen LogP contribution < -0.4 is 5.32 Å². The monoisotopic (exact) mass is 294 g/mol. The van der Waals surface area contributed by atoms with E-state index in [2.05, 4.69) is 5.32 Å². The van der Waals surface area contributed by atoms with Crippen LogP contribution in [0.15, 0.2) is 0 Å². The fourth-order valence-corrected chi connectivity index (χ4v) is 3.26. The van der Waals surface area contributed by atoms with Gasteiger partial charge >= 0.3 is 0 Å². The summed E-state index contributed by atoms with van der Waals surface area (Å²) in [6, 6.07) is -0.500. The second-order valence-corrected chi connectivity index (χ2v) is 7.12. The van der Waals surface area contributed by atoms with Crippen molar-refractivity contribution in [2.75, 3.05) is 7.05 Å². The highest BCUT2D eigenvalue weighted by atomic mass is 16.3. The topological polar surface area (TPSA) is 69.6 Å². The van der Waals surface area contributed by atoms with Crippen molar-refractivity contribution in [3.8, 4) is 0 Å². The molecule has 2 amide bonds. The number of hydrogen-bond donors (Lipinski definition) is 2. The third-order valence-corrected chi connectivity index (χ3v) is 5.00. The predicted molar refractivity (Wildman–Crippen MR) is 78.3 cm³/mol. The van der Waals surface area contributed by atoms with Gasteiger partial charge in [-0.1, -0.05) is 0 Å². The lowest BCUT2D eigenvalue weighted by Crippen LogP contribution is -2.55. The number of nitrogens with zero attached hydrogens (tertiary/aromatic N) is 1. The molecule has 118 valence electrons. The SMILES string of the molecule is CC(O)C(NC(=O)C1CC1)C(=O)N(C)C(C1CC1)C1CC1. The number of hydrogen-bond acceptors (Lipinski definition) is 3. The van der Waals surface area contributed by atoms with E-state index in [1.165, 1.54) is 25.7 Å². The third-order valence-electron chi connectivity index (χ3n) is 5.00. The summed E-state index contributed by atoms with van der Waals surface area (Å²) in [4.78, 5) is 26.4. The molecule has 0 aromatic heterocycles.